The average molecular weight is 331 g/mol. The van der Waals surface area contributed by atoms with Crippen molar-refractivity contribution < 1.29 is 22.7 Å². The molecular weight excluding hydrogens is 314 g/mol. The van der Waals surface area contributed by atoms with Crippen LogP contribution in [0.25, 0.3) is 0 Å². The summed E-state index contributed by atoms with van der Waals surface area (Å²) in [6.45, 7) is 3.18. The zero-order valence-corrected chi connectivity index (χ0v) is 13.6. The van der Waals surface area contributed by atoms with E-state index in [1.165, 1.54) is 19.1 Å². The topological polar surface area (TPSA) is 89.5 Å². The van der Waals surface area contributed by atoms with Gasteiger partial charge in [-0.25, -0.2) is 8.42 Å². The fourth-order valence-electron chi connectivity index (χ4n) is 1.47. The van der Waals surface area contributed by atoms with Gasteiger partial charge in [-0.05, 0) is 19.1 Å². The Morgan fingerprint density at radius 3 is 2.33 bits per heavy atom. The van der Waals surface area contributed by atoms with Gasteiger partial charge in [0, 0.05) is 12.7 Å². The maximum atomic E-state index is 12.2. The van der Waals surface area contributed by atoms with Crippen molar-refractivity contribution in [1.82, 2.24) is 4.72 Å². The number of thioether (sulfide) groups is 1. The molecule has 1 atom stereocenters. The van der Waals surface area contributed by atoms with E-state index >= 15 is 0 Å². The number of hydrogen-bond acceptors (Lipinski definition) is 6. The highest BCUT2D eigenvalue weighted by atomic mass is 32.2. The lowest BCUT2D eigenvalue weighted by Gasteiger charge is -2.15. The number of nitrogens with one attached hydrogen (secondary N) is 1. The van der Waals surface area contributed by atoms with Gasteiger partial charge in [0.15, 0.2) is 5.12 Å². The van der Waals surface area contributed by atoms with Gasteiger partial charge in [-0.2, -0.15) is 4.72 Å². The summed E-state index contributed by atoms with van der Waals surface area (Å²) >= 11 is 0.855. The van der Waals surface area contributed by atoms with Crippen LogP contribution in [-0.2, 0) is 24.3 Å². The molecule has 116 valence electrons. The van der Waals surface area contributed by atoms with Crippen LogP contribution >= 0.6 is 11.8 Å². The van der Waals surface area contributed by atoms with Crippen molar-refractivity contribution in [1.29, 1.82) is 0 Å². The minimum absolute atomic E-state index is 0.0207. The van der Waals surface area contributed by atoms with Crippen LogP contribution in [0.3, 0.4) is 0 Å². The van der Waals surface area contributed by atoms with E-state index in [-0.39, 0.29) is 15.8 Å². The number of sulfonamides is 1. The summed E-state index contributed by atoms with van der Waals surface area (Å²) in [6.07, 6.45) is 0. The van der Waals surface area contributed by atoms with Gasteiger partial charge in [-0.3, -0.25) is 9.59 Å². The molecule has 0 bridgehead atoms. The third-order valence-electron chi connectivity index (χ3n) is 2.57. The van der Waals surface area contributed by atoms with Crippen LogP contribution in [0.1, 0.15) is 12.5 Å². The summed E-state index contributed by atoms with van der Waals surface area (Å²) in [5.41, 5.74) is 0.922. The first-order chi connectivity index (χ1) is 9.76. The molecule has 0 fully saturated rings. The van der Waals surface area contributed by atoms with Crippen molar-refractivity contribution in [2.45, 2.75) is 24.8 Å². The zero-order valence-electron chi connectivity index (χ0n) is 12.0. The van der Waals surface area contributed by atoms with Crippen LogP contribution in [0.2, 0.25) is 0 Å². The molecular formula is C13H17NO5S2. The Morgan fingerprint density at radius 1 is 1.29 bits per heavy atom. The molecule has 0 amide bonds. The lowest BCUT2D eigenvalue weighted by Crippen LogP contribution is -2.43. The van der Waals surface area contributed by atoms with Gasteiger partial charge in [-0.15, -0.1) is 0 Å². The van der Waals surface area contributed by atoms with E-state index in [0.717, 1.165) is 24.4 Å². The van der Waals surface area contributed by atoms with E-state index in [2.05, 4.69) is 9.46 Å². The van der Waals surface area contributed by atoms with Gasteiger partial charge in [0.2, 0.25) is 10.0 Å². The van der Waals surface area contributed by atoms with E-state index < -0.39 is 22.0 Å². The maximum absolute atomic E-state index is 12.2. The summed E-state index contributed by atoms with van der Waals surface area (Å²) in [5, 5.41) is -0.210. The molecule has 0 radical (unpaired) electrons. The molecule has 0 aromatic heterocycles. The number of rotatable bonds is 6. The highest BCUT2D eigenvalue weighted by molar-refractivity contribution is 8.13. The van der Waals surface area contributed by atoms with Crippen LogP contribution in [0.15, 0.2) is 29.2 Å². The van der Waals surface area contributed by atoms with E-state index in [1.807, 2.05) is 6.92 Å². The van der Waals surface area contributed by atoms with Gasteiger partial charge in [0.25, 0.3) is 0 Å². The van der Waals surface area contributed by atoms with Gasteiger partial charge in [0.05, 0.1) is 12.0 Å². The summed E-state index contributed by atoms with van der Waals surface area (Å²) in [6, 6.07) is 5.10. The second-order valence-electron chi connectivity index (χ2n) is 4.31. The van der Waals surface area contributed by atoms with E-state index in [0.29, 0.717) is 0 Å². The molecule has 6 nitrogen and oxygen atoms in total. The molecule has 0 saturated heterocycles. The molecule has 0 aliphatic rings. The Bertz CT molecular complexity index is 610. The summed E-state index contributed by atoms with van der Waals surface area (Å²) in [4.78, 5) is 22.6. The number of carbonyl (C=O) groups excluding carboxylic acids is 2. The highest BCUT2D eigenvalue weighted by Gasteiger charge is 2.26. The Hall–Kier alpha value is -1.38. The van der Waals surface area contributed by atoms with Crippen LogP contribution < -0.4 is 4.72 Å². The van der Waals surface area contributed by atoms with Crippen molar-refractivity contribution in [3.63, 3.8) is 0 Å². The number of ether oxygens (including phenoxy) is 1. The Labute approximate surface area is 128 Å². The molecule has 1 aromatic carbocycles. The predicted molar refractivity (Wildman–Crippen MR) is 80.4 cm³/mol. The summed E-state index contributed by atoms with van der Waals surface area (Å²) in [7, 11) is -2.69. The fourth-order valence-corrected chi connectivity index (χ4v) is 3.38. The molecule has 21 heavy (non-hydrogen) atoms. The van der Waals surface area contributed by atoms with E-state index in [9.17, 15) is 18.0 Å². The zero-order chi connectivity index (χ0) is 16.0. The molecule has 1 rings (SSSR count). The third kappa shape index (κ3) is 5.49. The molecule has 0 aliphatic heterocycles. The van der Waals surface area contributed by atoms with Crippen LogP contribution in [0.5, 0.6) is 0 Å². The van der Waals surface area contributed by atoms with E-state index in [4.69, 9.17) is 0 Å². The molecule has 1 unspecified atom stereocenters. The lowest BCUT2D eigenvalue weighted by molar-refractivity contribution is -0.141. The Morgan fingerprint density at radius 2 is 1.86 bits per heavy atom. The third-order valence-corrected chi connectivity index (χ3v) is 4.96. The molecule has 0 heterocycles. The molecule has 1 aromatic rings. The van der Waals surface area contributed by atoms with Crippen LogP contribution in [0, 0.1) is 6.92 Å². The predicted octanol–water partition coefficient (Wildman–Crippen LogP) is 1.09. The van der Waals surface area contributed by atoms with Crippen LogP contribution in [-0.4, -0.2) is 38.4 Å². The summed E-state index contributed by atoms with van der Waals surface area (Å²) < 4.78 is 31.2. The molecule has 0 spiro atoms. The number of esters is 1. The molecule has 0 saturated carbocycles. The van der Waals surface area contributed by atoms with Gasteiger partial charge < -0.3 is 4.74 Å². The fraction of sp³-hybridized carbons (Fsp3) is 0.385. The second kappa shape index (κ2) is 7.58. The van der Waals surface area contributed by atoms with Crippen molar-refractivity contribution in [3.8, 4) is 0 Å². The number of methoxy groups -OCH3 is 1. The number of carbonyl (C=O) groups is 2. The SMILES string of the molecule is COC(=O)C(CSC(C)=O)NS(=O)(=O)c1ccc(C)cc1. The Balaban J connectivity index is 2.92. The van der Waals surface area contributed by atoms with E-state index in [1.54, 1.807) is 12.1 Å². The van der Waals surface area contributed by atoms with Crippen molar-refractivity contribution >= 4 is 32.9 Å². The Kier molecular flexibility index (Phi) is 6.38. The van der Waals surface area contributed by atoms with Crippen molar-refractivity contribution in [2.75, 3.05) is 12.9 Å². The quantitative estimate of drug-likeness (QED) is 0.785. The monoisotopic (exact) mass is 331 g/mol. The normalized spacial score (nSPS) is 12.7. The minimum Gasteiger partial charge on any atom is -0.468 e. The number of benzene rings is 1. The first-order valence-electron chi connectivity index (χ1n) is 6.06. The van der Waals surface area contributed by atoms with Gasteiger partial charge in [0.1, 0.15) is 6.04 Å². The van der Waals surface area contributed by atoms with Crippen molar-refractivity contribution in [3.05, 3.63) is 29.8 Å². The van der Waals surface area contributed by atoms with Crippen molar-refractivity contribution in [2.24, 2.45) is 0 Å². The largest absolute Gasteiger partial charge is 0.468 e. The van der Waals surface area contributed by atoms with Gasteiger partial charge >= 0.3 is 5.97 Å². The van der Waals surface area contributed by atoms with Crippen LogP contribution in [0.4, 0.5) is 0 Å². The standard InChI is InChI=1S/C13H17NO5S2/c1-9-4-6-11(7-5-9)21(17,18)14-12(13(16)19-3)8-20-10(2)15/h4-7,12,14H,8H2,1-3H3. The first kappa shape index (κ1) is 17.7. The minimum atomic E-state index is -3.85. The second-order valence-corrected chi connectivity index (χ2v) is 7.22. The molecule has 8 heteroatoms. The molecule has 0 aliphatic carbocycles. The molecule has 1 N–H and O–H groups in total. The highest BCUT2D eigenvalue weighted by Crippen LogP contribution is 2.13. The number of aryl methyl sites for hydroxylation is 1. The maximum Gasteiger partial charge on any atom is 0.324 e. The smallest absolute Gasteiger partial charge is 0.324 e. The lowest BCUT2D eigenvalue weighted by atomic mass is 10.2. The average Bonchev–Trinajstić information content (AvgIpc) is 2.42. The first-order valence-corrected chi connectivity index (χ1v) is 8.53. The number of hydrogen-bond donors (Lipinski definition) is 1. The summed E-state index contributed by atoms with van der Waals surface area (Å²) in [5.74, 6) is -0.757. The van der Waals surface area contributed by atoms with Gasteiger partial charge in [-0.1, -0.05) is 29.5 Å².